The van der Waals surface area contributed by atoms with Crippen LogP contribution in [0.15, 0.2) is 35.6 Å². The number of guanidine groups is 1. The van der Waals surface area contributed by atoms with Crippen LogP contribution in [0.1, 0.15) is 32.2 Å². The van der Waals surface area contributed by atoms with Crippen molar-refractivity contribution in [2.24, 2.45) is 10.9 Å². The molecule has 0 radical (unpaired) electrons. The van der Waals surface area contributed by atoms with E-state index in [1.807, 2.05) is 12.1 Å². The molecule has 2 rings (SSSR count). The summed E-state index contributed by atoms with van der Waals surface area (Å²) in [5.74, 6) is 3.30. The standard InChI is InChI=1S/C20H32N6O.HI/c1-6-19-24-23-15-26(19)12-11-21-20(22-13-16(2)3)25(4)14-17-7-9-18(27-5)10-8-17;/h7-10,15-16H,6,11-14H2,1-5H3,(H,21,22);1H. The molecule has 0 atom stereocenters. The Hall–Kier alpha value is -1.84. The highest BCUT2D eigenvalue weighted by molar-refractivity contribution is 14.0. The van der Waals surface area contributed by atoms with Gasteiger partial charge in [0, 0.05) is 39.6 Å². The fourth-order valence-corrected chi connectivity index (χ4v) is 2.69. The molecule has 1 heterocycles. The largest absolute Gasteiger partial charge is 0.497 e. The van der Waals surface area contributed by atoms with Gasteiger partial charge in [-0.05, 0) is 23.6 Å². The van der Waals surface area contributed by atoms with Crippen LogP contribution in [0.4, 0.5) is 0 Å². The molecule has 156 valence electrons. The predicted octanol–water partition coefficient (Wildman–Crippen LogP) is 3.20. The van der Waals surface area contributed by atoms with E-state index >= 15 is 0 Å². The number of aryl methyl sites for hydroxylation is 1. The van der Waals surface area contributed by atoms with E-state index in [-0.39, 0.29) is 24.0 Å². The van der Waals surface area contributed by atoms with Crippen LogP contribution < -0.4 is 10.1 Å². The molecule has 2 aromatic rings. The number of aliphatic imine (C=N–C) groups is 1. The number of halogens is 1. The zero-order chi connectivity index (χ0) is 19.6. The second-order valence-corrected chi connectivity index (χ2v) is 6.98. The van der Waals surface area contributed by atoms with Crippen LogP contribution in [0.25, 0.3) is 0 Å². The van der Waals surface area contributed by atoms with Gasteiger partial charge in [-0.1, -0.05) is 32.9 Å². The van der Waals surface area contributed by atoms with Crippen molar-refractivity contribution in [2.75, 3.05) is 27.2 Å². The molecule has 28 heavy (non-hydrogen) atoms. The molecule has 0 aliphatic heterocycles. The number of methoxy groups -OCH3 is 1. The smallest absolute Gasteiger partial charge is 0.194 e. The summed E-state index contributed by atoms with van der Waals surface area (Å²) in [4.78, 5) is 6.93. The number of hydrogen-bond acceptors (Lipinski definition) is 4. The summed E-state index contributed by atoms with van der Waals surface area (Å²) in [6.45, 7) is 9.60. The van der Waals surface area contributed by atoms with Crippen LogP contribution in [0, 0.1) is 5.92 Å². The van der Waals surface area contributed by atoms with E-state index < -0.39 is 0 Å². The lowest BCUT2D eigenvalue weighted by Crippen LogP contribution is -2.40. The van der Waals surface area contributed by atoms with Crippen molar-refractivity contribution in [1.29, 1.82) is 0 Å². The van der Waals surface area contributed by atoms with Crippen LogP contribution in [-0.4, -0.2) is 52.9 Å². The van der Waals surface area contributed by atoms with Crippen LogP contribution in [0.2, 0.25) is 0 Å². The third kappa shape index (κ3) is 7.65. The molecular formula is C20H33IN6O. The average Bonchev–Trinajstić information content (AvgIpc) is 3.12. The predicted molar refractivity (Wildman–Crippen MR) is 124 cm³/mol. The third-order valence-electron chi connectivity index (χ3n) is 4.19. The SMILES string of the molecule is CCc1nncn1CCNC(=NCC(C)C)N(C)Cc1ccc(OC)cc1.I. The minimum absolute atomic E-state index is 0. The Morgan fingerprint density at radius 3 is 2.61 bits per heavy atom. The summed E-state index contributed by atoms with van der Waals surface area (Å²) in [5, 5.41) is 11.6. The minimum atomic E-state index is 0. The first-order valence-electron chi connectivity index (χ1n) is 9.52. The summed E-state index contributed by atoms with van der Waals surface area (Å²) >= 11 is 0. The van der Waals surface area contributed by atoms with Crippen molar-refractivity contribution >= 4 is 29.9 Å². The van der Waals surface area contributed by atoms with Crippen LogP contribution in [-0.2, 0) is 19.5 Å². The highest BCUT2D eigenvalue weighted by Crippen LogP contribution is 2.12. The second kappa shape index (κ2) is 12.6. The molecule has 0 bridgehead atoms. The Morgan fingerprint density at radius 2 is 2.00 bits per heavy atom. The van der Waals surface area contributed by atoms with Crippen molar-refractivity contribution in [2.45, 2.75) is 40.3 Å². The van der Waals surface area contributed by atoms with Gasteiger partial charge >= 0.3 is 0 Å². The molecule has 0 spiro atoms. The summed E-state index contributed by atoms with van der Waals surface area (Å²) in [7, 11) is 3.74. The first-order chi connectivity index (χ1) is 13.0. The van der Waals surface area contributed by atoms with E-state index in [0.29, 0.717) is 5.92 Å². The summed E-state index contributed by atoms with van der Waals surface area (Å²) in [6.07, 6.45) is 2.66. The Balaban J connectivity index is 0.00000392. The lowest BCUT2D eigenvalue weighted by atomic mass is 10.2. The number of aromatic nitrogens is 3. The number of nitrogens with zero attached hydrogens (tertiary/aromatic N) is 5. The van der Waals surface area contributed by atoms with Gasteiger partial charge in [0.1, 0.15) is 17.9 Å². The zero-order valence-electron chi connectivity index (χ0n) is 17.6. The van der Waals surface area contributed by atoms with Gasteiger partial charge in [0.15, 0.2) is 5.96 Å². The van der Waals surface area contributed by atoms with E-state index in [2.05, 4.69) is 64.9 Å². The van der Waals surface area contributed by atoms with Gasteiger partial charge in [0.2, 0.25) is 0 Å². The molecule has 0 unspecified atom stereocenters. The maximum atomic E-state index is 5.23. The lowest BCUT2D eigenvalue weighted by molar-refractivity contribution is 0.414. The van der Waals surface area contributed by atoms with Crippen LogP contribution >= 0.6 is 24.0 Å². The Morgan fingerprint density at radius 1 is 1.29 bits per heavy atom. The van der Waals surface area contributed by atoms with E-state index in [1.165, 1.54) is 5.56 Å². The van der Waals surface area contributed by atoms with Gasteiger partial charge < -0.3 is 19.5 Å². The second-order valence-electron chi connectivity index (χ2n) is 6.98. The Labute approximate surface area is 185 Å². The monoisotopic (exact) mass is 500 g/mol. The number of rotatable bonds is 9. The summed E-state index contributed by atoms with van der Waals surface area (Å²) < 4.78 is 7.31. The minimum Gasteiger partial charge on any atom is -0.497 e. The number of ether oxygens (including phenoxy) is 1. The normalized spacial score (nSPS) is 11.3. The number of nitrogens with one attached hydrogen (secondary N) is 1. The molecule has 0 saturated heterocycles. The Kier molecular flexibility index (Phi) is 10.9. The highest BCUT2D eigenvalue weighted by atomic mass is 127. The van der Waals surface area contributed by atoms with Gasteiger partial charge in [-0.15, -0.1) is 34.2 Å². The first-order valence-corrected chi connectivity index (χ1v) is 9.52. The fourth-order valence-electron chi connectivity index (χ4n) is 2.69. The van der Waals surface area contributed by atoms with E-state index in [9.17, 15) is 0 Å². The molecule has 0 amide bonds. The maximum Gasteiger partial charge on any atom is 0.194 e. The van der Waals surface area contributed by atoms with Crippen molar-refractivity contribution in [3.05, 3.63) is 42.0 Å². The topological polar surface area (TPSA) is 67.6 Å². The van der Waals surface area contributed by atoms with Crippen LogP contribution in [0.3, 0.4) is 0 Å². The third-order valence-corrected chi connectivity index (χ3v) is 4.19. The Bertz CT molecular complexity index is 714. The molecule has 1 N–H and O–H groups in total. The zero-order valence-corrected chi connectivity index (χ0v) is 19.9. The molecular weight excluding hydrogens is 467 g/mol. The van der Waals surface area contributed by atoms with Gasteiger partial charge in [0.05, 0.1) is 7.11 Å². The van der Waals surface area contributed by atoms with E-state index in [0.717, 1.165) is 50.1 Å². The fraction of sp³-hybridized carbons (Fsp3) is 0.550. The molecule has 0 aliphatic carbocycles. The molecule has 7 nitrogen and oxygen atoms in total. The maximum absolute atomic E-state index is 5.23. The summed E-state index contributed by atoms with van der Waals surface area (Å²) in [5.41, 5.74) is 1.21. The molecule has 1 aromatic heterocycles. The van der Waals surface area contributed by atoms with Crippen molar-refractivity contribution in [3.63, 3.8) is 0 Å². The molecule has 0 saturated carbocycles. The molecule has 0 aliphatic rings. The van der Waals surface area contributed by atoms with Crippen molar-refractivity contribution < 1.29 is 4.74 Å². The van der Waals surface area contributed by atoms with Crippen molar-refractivity contribution in [1.82, 2.24) is 25.0 Å². The summed E-state index contributed by atoms with van der Waals surface area (Å²) in [6, 6.07) is 8.14. The van der Waals surface area contributed by atoms with Gasteiger partial charge in [0.25, 0.3) is 0 Å². The van der Waals surface area contributed by atoms with Crippen LogP contribution in [0.5, 0.6) is 5.75 Å². The molecule has 8 heteroatoms. The lowest BCUT2D eigenvalue weighted by Gasteiger charge is -2.23. The highest BCUT2D eigenvalue weighted by Gasteiger charge is 2.09. The van der Waals surface area contributed by atoms with Gasteiger partial charge in [-0.3, -0.25) is 4.99 Å². The quantitative estimate of drug-likeness (QED) is 0.326. The number of hydrogen-bond donors (Lipinski definition) is 1. The van der Waals surface area contributed by atoms with E-state index in [1.54, 1.807) is 13.4 Å². The van der Waals surface area contributed by atoms with E-state index in [4.69, 9.17) is 9.73 Å². The van der Waals surface area contributed by atoms with Gasteiger partial charge in [-0.25, -0.2) is 0 Å². The molecule has 0 fully saturated rings. The van der Waals surface area contributed by atoms with Gasteiger partial charge in [-0.2, -0.15) is 0 Å². The van der Waals surface area contributed by atoms with Crippen molar-refractivity contribution in [3.8, 4) is 5.75 Å². The average molecular weight is 500 g/mol. The first kappa shape index (κ1) is 24.2. The number of benzene rings is 1. The molecule has 1 aromatic carbocycles.